The number of hydrogen-bond acceptors (Lipinski definition) is 1. The fourth-order valence-electron chi connectivity index (χ4n) is 2.69. The number of fused-ring (bicyclic) bond motifs is 1. The van der Waals surface area contributed by atoms with Gasteiger partial charge in [0.05, 0.1) is 5.56 Å². The largest absolute Gasteiger partial charge is 0.416 e. The average Bonchev–Trinajstić information content (AvgIpc) is 3.06. The van der Waals surface area contributed by atoms with Gasteiger partial charge in [0.1, 0.15) is 0 Å². The summed E-state index contributed by atoms with van der Waals surface area (Å²) in [6.45, 7) is 8.07. The molecular weight excluding hydrogens is 341 g/mol. The van der Waals surface area contributed by atoms with Crippen LogP contribution in [-0.2, 0) is 6.18 Å². The van der Waals surface area contributed by atoms with Gasteiger partial charge in [-0.15, -0.1) is 11.3 Å². The third kappa shape index (κ3) is 4.02. The van der Waals surface area contributed by atoms with Gasteiger partial charge in [-0.1, -0.05) is 31.4 Å². The molecule has 0 aliphatic heterocycles. The smallest absolute Gasteiger partial charge is 0.166 e. The minimum atomic E-state index is -4.34. The maximum Gasteiger partial charge on any atom is 0.416 e. The van der Waals surface area contributed by atoms with Crippen molar-refractivity contribution in [1.29, 1.82) is 0 Å². The van der Waals surface area contributed by atoms with E-state index in [1.165, 1.54) is 16.2 Å². The standard InChI is InChI=1S/C21H17F3S/c1-14(16-4-3-5-19(13-16)21(22,23)24)6-7-15(2)17-8-9-20-18(12-17)10-11-25-20/h3-5,8-13H,1-2,6-7H2. The number of allylic oxidation sites excluding steroid dienone is 2. The maximum absolute atomic E-state index is 12.8. The van der Waals surface area contributed by atoms with Gasteiger partial charge in [-0.3, -0.25) is 0 Å². The minimum Gasteiger partial charge on any atom is -0.166 e. The Hall–Kier alpha value is -2.33. The van der Waals surface area contributed by atoms with E-state index < -0.39 is 11.7 Å². The Kier molecular flexibility index (Phi) is 4.82. The summed E-state index contributed by atoms with van der Waals surface area (Å²) >= 11 is 1.69. The lowest BCUT2D eigenvalue weighted by Gasteiger charge is -2.12. The van der Waals surface area contributed by atoms with Crippen LogP contribution in [0.3, 0.4) is 0 Å². The van der Waals surface area contributed by atoms with Crippen LogP contribution >= 0.6 is 11.3 Å². The number of hydrogen-bond donors (Lipinski definition) is 0. The van der Waals surface area contributed by atoms with Gasteiger partial charge in [-0.2, -0.15) is 13.2 Å². The van der Waals surface area contributed by atoms with Crippen molar-refractivity contribution in [3.05, 3.63) is 83.8 Å². The predicted octanol–water partition coefficient (Wildman–Crippen LogP) is 7.43. The molecule has 2 aromatic carbocycles. The van der Waals surface area contributed by atoms with E-state index in [0.29, 0.717) is 24.0 Å². The summed E-state index contributed by atoms with van der Waals surface area (Å²) in [6, 6.07) is 13.6. The molecule has 25 heavy (non-hydrogen) atoms. The summed E-state index contributed by atoms with van der Waals surface area (Å²) < 4.78 is 39.7. The van der Waals surface area contributed by atoms with Crippen molar-refractivity contribution in [2.45, 2.75) is 19.0 Å². The van der Waals surface area contributed by atoms with Crippen molar-refractivity contribution in [2.75, 3.05) is 0 Å². The molecule has 0 atom stereocenters. The molecule has 0 N–H and O–H groups in total. The number of halogens is 3. The van der Waals surface area contributed by atoms with Gasteiger partial charge in [0.25, 0.3) is 0 Å². The van der Waals surface area contributed by atoms with Crippen molar-refractivity contribution >= 4 is 32.6 Å². The zero-order valence-electron chi connectivity index (χ0n) is 13.6. The molecule has 1 aromatic heterocycles. The van der Waals surface area contributed by atoms with E-state index in [-0.39, 0.29) is 0 Å². The van der Waals surface area contributed by atoms with Crippen LogP contribution in [0, 0.1) is 0 Å². The highest BCUT2D eigenvalue weighted by atomic mass is 32.1. The maximum atomic E-state index is 12.8. The Morgan fingerprint density at radius 3 is 2.24 bits per heavy atom. The van der Waals surface area contributed by atoms with Gasteiger partial charge in [0, 0.05) is 4.70 Å². The van der Waals surface area contributed by atoms with E-state index in [2.05, 4.69) is 31.4 Å². The van der Waals surface area contributed by atoms with Crippen molar-refractivity contribution in [3.63, 3.8) is 0 Å². The monoisotopic (exact) mass is 358 g/mol. The molecule has 0 aliphatic carbocycles. The van der Waals surface area contributed by atoms with E-state index in [1.54, 1.807) is 17.4 Å². The summed E-state index contributed by atoms with van der Waals surface area (Å²) in [5.74, 6) is 0. The lowest BCUT2D eigenvalue weighted by Crippen LogP contribution is -2.05. The van der Waals surface area contributed by atoms with Crippen molar-refractivity contribution in [2.24, 2.45) is 0 Å². The zero-order chi connectivity index (χ0) is 18.0. The normalized spacial score (nSPS) is 11.6. The number of rotatable bonds is 5. The van der Waals surface area contributed by atoms with Crippen molar-refractivity contribution in [1.82, 2.24) is 0 Å². The molecule has 0 unspecified atom stereocenters. The molecule has 0 nitrogen and oxygen atoms in total. The first kappa shape index (κ1) is 17.5. The molecule has 0 aliphatic rings. The predicted molar refractivity (Wildman–Crippen MR) is 101 cm³/mol. The highest BCUT2D eigenvalue weighted by Gasteiger charge is 2.30. The summed E-state index contributed by atoms with van der Waals surface area (Å²) in [4.78, 5) is 0. The second-order valence-electron chi connectivity index (χ2n) is 5.96. The lowest BCUT2D eigenvalue weighted by atomic mass is 9.95. The Balaban J connectivity index is 1.68. The van der Waals surface area contributed by atoms with Crippen LogP contribution in [0.15, 0.2) is 67.1 Å². The molecular formula is C21H17F3S. The quantitative estimate of drug-likeness (QED) is 0.445. The summed E-state index contributed by atoms with van der Waals surface area (Å²) in [5, 5.41) is 3.23. The minimum absolute atomic E-state index is 0.524. The van der Waals surface area contributed by atoms with Crippen LogP contribution in [-0.4, -0.2) is 0 Å². The topological polar surface area (TPSA) is 0 Å². The molecule has 4 heteroatoms. The zero-order valence-corrected chi connectivity index (χ0v) is 14.4. The molecule has 0 radical (unpaired) electrons. The first-order valence-electron chi connectivity index (χ1n) is 7.85. The second-order valence-corrected chi connectivity index (χ2v) is 6.91. The third-order valence-electron chi connectivity index (χ3n) is 4.19. The van der Waals surface area contributed by atoms with Gasteiger partial charge in [0.15, 0.2) is 0 Å². The van der Waals surface area contributed by atoms with Crippen LogP contribution < -0.4 is 0 Å². The lowest BCUT2D eigenvalue weighted by molar-refractivity contribution is -0.137. The van der Waals surface area contributed by atoms with E-state index in [0.717, 1.165) is 23.3 Å². The first-order chi connectivity index (χ1) is 11.8. The molecule has 0 bridgehead atoms. The van der Waals surface area contributed by atoms with Gasteiger partial charge in [0.2, 0.25) is 0 Å². The van der Waals surface area contributed by atoms with Crippen LogP contribution in [0.5, 0.6) is 0 Å². The molecule has 128 valence electrons. The Morgan fingerprint density at radius 2 is 1.56 bits per heavy atom. The Bertz CT molecular complexity index is 931. The molecule has 0 saturated heterocycles. The Morgan fingerprint density at radius 1 is 0.880 bits per heavy atom. The fourth-order valence-corrected chi connectivity index (χ4v) is 3.46. The average molecular weight is 358 g/mol. The third-order valence-corrected chi connectivity index (χ3v) is 5.09. The number of thiophene rings is 1. The molecule has 0 fully saturated rings. The van der Waals surface area contributed by atoms with E-state index >= 15 is 0 Å². The van der Waals surface area contributed by atoms with Crippen molar-refractivity contribution < 1.29 is 13.2 Å². The molecule has 0 amide bonds. The molecule has 3 rings (SSSR count). The number of alkyl halides is 3. The van der Waals surface area contributed by atoms with E-state index in [9.17, 15) is 13.2 Å². The second kappa shape index (κ2) is 6.89. The summed E-state index contributed by atoms with van der Waals surface area (Å²) in [5.41, 5.74) is 2.58. The van der Waals surface area contributed by atoms with Gasteiger partial charge in [-0.05, 0) is 76.2 Å². The van der Waals surface area contributed by atoms with Gasteiger partial charge < -0.3 is 0 Å². The molecule has 3 aromatic rings. The van der Waals surface area contributed by atoms with Crippen LogP contribution in [0.1, 0.15) is 29.5 Å². The molecule has 1 heterocycles. The SMILES string of the molecule is C=C(CCC(=C)c1ccc2sccc2c1)c1cccc(C(F)(F)F)c1. The molecule has 0 saturated carbocycles. The van der Waals surface area contributed by atoms with Crippen LogP contribution in [0.2, 0.25) is 0 Å². The summed E-state index contributed by atoms with van der Waals surface area (Å²) in [6.07, 6.45) is -3.11. The fraction of sp³-hybridized carbons (Fsp3) is 0.143. The van der Waals surface area contributed by atoms with Crippen molar-refractivity contribution in [3.8, 4) is 0 Å². The van der Waals surface area contributed by atoms with E-state index in [1.807, 2.05) is 11.4 Å². The Labute approximate surface area is 148 Å². The van der Waals surface area contributed by atoms with Gasteiger partial charge >= 0.3 is 6.18 Å². The molecule has 0 spiro atoms. The highest BCUT2D eigenvalue weighted by molar-refractivity contribution is 7.17. The van der Waals surface area contributed by atoms with Crippen LogP contribution in [0.25, 0.3) is 21.2 Å². The van der Waals surface area contributed by atoms with Crippen LogP contribution in [0.4, 0.5) is 13.2 Å². The number of benzene rings is 2. The van der Waals surface area contributed by atoms with E-state index in [4.69, 9.17) is 0 Å². The summed E-state index contributed by atoms with van der Waals surface area (Å²) in [7, 11) is 0. The van der Waals surface area contributed by atoms with Gasteiger partial charge in [-0.25, -0.2) is 0 Å². The highest BCUT2D eigenvalue weighted by Crippen LogP contribution is 2.32. The first-order valence-corrected chi connectivity index (χ1v) is 8.73.